The average molecular weight is 252 g/mol. The van der Waals surface area contributed by atoms with Crippen LogP contribution < -0.4 is 5.32 Å². The average Bonchev–Trinajstić information content (AvgIpc) is 2.89. The van der Waals surface area contributed by atoms with E-state index in [-0.39, 0.29) is 5.92 Å². The van der Waals surface area contributed by atoms with E-state index in [1.54, 1.807) is 11.3 Å². The summed E-state index contributed by atoms with van der Waals surface area (Å²) in [6.45, 7) is 2.74. The molecule has 1 aliphatic heterocycles. The molecule has 1 atom stereocenters. The number of hydrogen-bond donors (Lipinski definition) is 1. The smallest absolute Gasteiger partial charge is 0.226 e. The predicted molar refractivity (Wildman–Crippen MR) is 71.3 cm³/mol. The molecule has 17 heavy (non-hydrogen) atoms. The number of piperidine rings is 1. The Morgan fingerprint density at radius 1 is 1.65 bits per heavy atom. The maximum absolute atomic E-state index is 12.1. The molecule has 0 radical (unpaired) electrons. The van der Waals surface area contributed by atoms with Crippen molar-refractivity contribution in [3.8, 4) is 0 Å². The van der Waals surface area contributed by atoms with Gasteiger partial charge >= 0.3 is 0 Å². The molecule has 1 aliphatic rings. The molecule has 0 saturated carbocycles. The molecule has 94 valence electrons. The van der Waals surface area contributed by atoms with E-state index in [4.69, 9.17) is 0 Å². The standard InChI is InChI=1S/C13H20N2OS/c1-15(8-6-12-5-3-9-17-12)13(16)11-4-2-7-14-10-11/h3,5,9,11,14H,2,4,6-8,10H2,1H3. The highest BCUT2D eigenvalue weighted by molar-refractivity contribution is 7.09. The van der Waals surface area contributed by atoms with Gasteiger partial charge in [-0.05, 0) is 37.3 Å². The van der Waals surface area contributed by atoms with Crippen molar-refractivity contribution in [2.24, 2.45) is 5.92 Å². The van der Waals surface area contributed by atoms with Crippen LogP contribution in [0.15, 0.2) is 17.5 Å². The number of nitrogens with zero attached hydrogens (tertiary/aromatic N) is 1. The highest BCUT2D eigenvalue weighted by atomic mass is 32.1. The fraction of sp³-hybridized carbons (Fsp3) is 0.615. The lowest BCUT2D eigenvalue weighted by atomic mass is 9.98. The molecule has 4 heteroatoms. The number of likely N-dealkylation sites (N-methyl/N-ethyl adjacent to an activating group) is 1. The largest absolute Gasteiger partial charge is 0.345 e. The summed E-state index contributed by atoms with van der Waals surface area (Å²) in [5.41, 5.74) is 0. The summed E-state index contributed by atoms with van der Waals surface area (Å²) in [6.07, 6.45) is 3.13. The maximum Gasteiger partial charge on any atom is 0.226 e. The summed E-state index contributed by atoms with van der Waals surface area (Å²) in [5, 5.41) is 5.38. The summed E-state index contributed by atoms with van der Waals surface area (Å²) < 4.78 is 0. The summed E-state index contributed by atoms with van der Waals surface area (Å²) in [5.74, 6) is 0.492. The third-order valence-electron chi connectivity index (χ3n) is 3.30. The van der Waals surface area contributed by atoms with Crippen molar-refractivity contribution in [3.63, 3.8) is 0 Å². The molecule has 0 aliphatic carbocycles. The molecule has 1 unspecified atom stereocenters. The number of rotatable bonds is 4. The third kappa shape index (κ3) is 3.54. The van der Waals surface area contributed by atoms with Gasteiger partial charge in [-0.1, -0.05) is 6.07 Å². The lowest BCUT2D eigenvalue weighted by molar-refractivity contribution is -0.134. The van der Waals surface area contributed by atoms with E-state index in [9.17, 15) is 4.79 Å². The van der Waals surface area contributed by atoms with Gasteiger partial charge in [0.2, 0.25) is 5.91 Å². The minimum atomic E-state index is 0.192. The van der Waals surface area contributed by atoms with Crippen LogP contribution in [0.2, 0.25) is 0 Å². The number of carbonyl (C=O) groups is 1. The number of hydrogen-bond acceptors (Lipinski definition) is 3. The molecule has 3 nitrogen and oxygen atoms in total. The molecule has 2 heterocycles. The van der Waals surface area contributed by atoms with Crippen LogP contribution >= 0.6 is 11.3 Å². The van der Waals surface area contributed by atoms with Crippen LogP contribution in [0.4, 0.5) is 0 Å². The molecule has 0 aromatic carbocycles. The Morgan fingerprint density at radius 2 is 2.53 bits per heavy atom. The van der Waals surface area contributed by atoms with Gasteiger partial charge in [-0.3, -0.25) is 4.79 Å². The van der Waals surface area contributed by atoms with Gasteiger partial charge in [-0.15, -0.1) is 11.3 Å². The van der Waals surface area contributed by atoms with Crippen molar-refractivity contribution < 1.29 is 4.79 Å². The number of thiophene rings is 1. The minimum absolute atomic E-state index is 0.192. The lowest BCUT2D eigenvalue weighted by Gasteiger charge is -2.26. The molecule has 1 fully saturated rings. The fourth-order valence-electron chi connectivity index (χ4n) is 2.22. The number of nitrogens with one attached hydrogen (secondary N) is 1. The summed E-state index contributed by atoms with van der Waals surface area (Å²) >= 11 is 1.76. The van der Waals surface area contributed by atoms with Gasteiger partial charge in [0.25, 0.3) is 0 Å². The first-order valence-electron chi connectivity index (χ1n) is 6.25. The molecular weight excluding hydrogens is 232 g/mol. The van der Waals surface area contributed by atoms with Gasteiger partial charge in [0.05, 0.1) is 5.92 Å². The van der Waals surface area contributed by atoms with Crippen molar-refractivity contribution in [2.75, 3.05) is 26.7 Å². The zero-order chi connectivity index (χ0) is 12.1. The summed E-state index contributed by atoms with van der Waals surface area (Å²) in [7, 11) is 1.92. The van der Waals surface area contributed by atoms with E-state index in [0.717, 1.165) is 38.9 Å². The maximum atomic E-state index is 12.1. The lowest BCUT2D eigenvalue weighted by Crippen LogP contribution is -2.42. The number of amides is 1. The Balaban J connectivity index is 1.78. The van der Waals surface area contributed by atoms with E-state index in [1.165, 1.54) is 4.88 Å². The summed E-state index contributed by atoms with van der Waals surface area (Å²) in [4.78, 5) is 15.4. The van der Waals surface area contributed by atoms with E-state index in [2.05, 4.69) is 22.8 Å². The quantitative estimate of drug-likeness (QED) is 0.885. The van der Waals surface area contributed by atoms with Crippen molar-refractivity contribution in [1.82, 2.24) is 10.2 Å². The Kier molecular flexibility index (Phi) is 4.57. The molecule has 2 rings (SSSR count). The normalized spacial score (nSPS) is 20.2. The van der Waals surface area contributed by atoms with Gasteiger partial charge in [0.15, 0.2) is 0 Å². The number of carbonyl (C=O) groups excluding carboxylic acids is 1. The molecule has 1 aromatic heterocycles. The molecule has 1 saturated heterocycles. The second-order valence-electron chi connectivity index (χ2n) is 4.63. The monoisotopic (exact) mass is 252 g/mol. The van der Waals surface area contributed by atoms with Gasteiger partial charge in [0.1, 0.15) is 0 Å². The van der Waals surface area contributed by atoms with Crippen LogP contribution in [0.1, 0.15) is 17.7 Å². The van der Waals surface area contributed by atoms with E-state index < -0.39 is 0 Å². The third-order valence-corrected chi connectivity index (χ3v) is 4.23. The molecule has 0 bridgehead atoms. The van der Waals surface area contributed by atoms with E-state index in [1.807, 2.05) is 11.9 Å². The second kappa shape index (κ2) is 6.17. The van der Waals surface area contributed by atoms with Crippen molar-refractivity contribution >= 4 is 17.2 Å². The van der Waals surface area contributed by atoms with Crippen molar-refractivity contribution in [3.05, 3.63) is 22.4 Å². The van der Waals surface area contributed by atoms with E-state index >= 15 is 0 Å². The second-order valence-corrected chi connectivity index (χ2v) is 5.66. The zero-order valence-corrected chi connectivity index (χ0v) is 11.1. The minimum Gasteiger partial charge on any atom is -0.345 e. The Hall–Kier alpha value is -0.870. The van der Waals surface area contributed by atoms with Crippen molar-refractivity contribution in [2.45, 2.75) is 19.3 Å². The highest BCUT2D eigenvalue weighted by Crippen LogP contribution is 2.14. The fourth-order valence-corrected chi connectivity index (χ4v) is 2.92. The molecular formula is C13H20N2OS. The molecule has 1 N–H and O–H groups in total. The molecule has 0 spiro atoms. The highest BCUT2D eigenvalue weighted by Gasteiger charge is 2.23. The summed E-state index contributed by atoms with van der Waals surface area (Å²) in [6, 6.07) is 4.19. The topological polar surface area (TPSA) is 32.3 Å². The zero-order valence-electron chi connectivity index (χ0n) is 10.3. The first-order valence-corrected chi connectivity index (χ1v) is 7.13. The molecule has 1 amide bonds. The van der Waals surface area contributed by atoms with Crippen LogP contribution in [0, 0.1) is 5.92 Å². The van der Waals surface area contributed by atoms with Crippen LogP contribution in [0.3, 0.4) is 0 Å². The van der Waals surface area contributed by atoms with Gasteiger partial charge < -0.3 is 10.2 Å². The van der Waals surface area contributed by atoms with Gasteiger partial charge in [0, 0.05) is 25.0 Å². The van der Waals surface area contributed by atoms with Crippen LogP contribution in [-0.4, -0.2) is 37.5 Å². The van der Waals surface area contributed by atoms with Gasteiger partial charge in [-0.25, -0.2) is 0 Å². The Bertz CT molecular complexity index is 344. The predicted octanol–water partition coefficient (Wildman–Crippen LogP) is 1.75. The first kappa shape index (κ1) is 12.6. The molecule has 1 aromatic rings. The van der Waals surface area contributed by atoms with Crippen LogP contribution in [-0.2, 0) is 11.2 Å². The van der Waals surface area contributed by atoms with Crippen molar-refractivity contribution in [1.29, 1.82) is 0 Å². The Labute approximate surface area is 107 Å². The van der Waals surface area contributed by atoms with E-state index in [0.29, 0.717) is 5.91 Å². The van der Waals surface area contributed by atoms with Gasteiger partial charge in [-0.2, -0.15) is 0 Å². The first-order chi connectivity index (χ1) is 8.27. The SMILES string of the molecule is CN(CCc1cccs1)C(=O)C1CCCNC1. The Morgan fingerprint density at radius 3 is 3.18 bits per heavy atom. The van der Waals surface area contributed by atoms with Crippen LogP contribution in [0.25, 0.3) is 0 Å². The van der Waals surface area contributed by atoms with Crippen LogP contribution in [0.5, 0.6) is 0 Å².